The van der Waals surface area contributed by atoms with Crippen LogP contribution in [0.1, 0.15) is 11.5 Å². The van der Waals surface area contributed by atoms with E-state index in [1.165, 1.54) is 18.2 Å². The van der Waals surface area contributed by atoms with Crippen LogP contribution in [0.2, 0.25) is 10.0 Å². The Morgan fingerprint density at radius 3 is 2.62 bits per heavy atom. The average Bonchev–Trinajstić information content (AvgIpc) is 2.89. The van der Waals surface area contributed by atoms with Crippen molar-refractivity contribution in [2.24, 2.45) is 16.8 Å². The van der Waals surface area contributed by atoms with Crippen molar-refractivity contribution in [3.05, 3.63) is 45.3 Å². The fourth-order valence-electron chi connectivity index (χ4n) is 2.88. The molecule has 0 saturated heterocycles. The molecule has 0 bridgehead atoms. The lowest BCUT2D eigenvalue weighted by Crippen LogP contribution is -2.45. The molecule has 1 aromatic rings. The molecule has 2 aliphatic rings. The number of nitriles is 1. The summed E-state index contributed by atoms with van der Waals surface area (Å²) in [7, 11) is 0. The second-order valence-corrected chi connectivity index (χ2v) is 6.07. The highest BCUT2D eigenvalue weighted by Crippen LogP contribution is 2.46. The largest absolute Gasteiger partial charge is 0.453 e. The van der Waals surface area contributed by atoms with Crippen molar-refractivity contribution in [2.75, 3.05) is 0 Å². The third-order valence-electron chi connectivity index (χ3n) is 3.85. The minimum Gasteiger partial charge on any atom is -0.453 e. The van der Waals surface area contributed by atoms with E-state index in [4.69, 9.17) is 33.7 Å². The molecule has 1 aromatic carbocycles. The van der Waals surface area contributed by atoms with E-state index in [-0.39, 0.29) is 16.5 Å². The van der Waals surface area contributed by atoms with E-state index < -0.39 is 30.0 Å². The van der Waals surface area contributed by atoms with Gasteiger partial charge in [-0.05, 0) is 17.7 Å². The molecule has 0 fully saturated rings. The molecule has 0 radical (unpaired) electrons. The van der Waals surface area contributed by atoms with Gasteiger partial charge in [-0.2, -0.15) is 23.5 Å². The Morgan fingerprint density at radius 2 is 2.04 bits per heavy atom. The molecule has 3 atom stereocenters. The molecule has 126 valence electrons. The lowest BCUT2D eigenvalue weighted by atomic mass is 9.76. The second-order valence-electron chi connectivity index (χ2n) is 5.22. The number of fused-ring (bicyclic) bond motifs is 1. The molecule has 0 amide bonds. The maximum absolute atomic E-state index is 13.3. The Bertz CT molecular complexity index is 800. The van der Waals surface area contributed by atoms with Crippen LogP contribution in [0.25, 0.3) is 0 Å². The molecule has 5 nitrogen and oxygen atoms in total. The van der Waals surface area contributed by atoms with Gasteiger partial charge in [0.05, 0.1) is 11.5 Å². The third-order valence-corrected chi connectivity index (χ3v) is 4.41. The Hall–Kier alpha value is -2.11. The molecule has 0 aromatic heterocycles. The summed E-state index contributed by atoms with van der Waals surface area (Å²) in [6.45, 7) is 0. The number of nitrogens with two attached hydrogens (primary N) is 1. The monoisotopic (exact) mass is 376 g/mol. The van der Waals surface area contributed by atoms with Gasteiger partial charge in [0.15, 0.2) is 11.9 Å². The van der Waals surface area contributed by atoms with Gasteiger partial charge < -0.3 is 10.5 Å². The van der Waals surface area contributed by atoms with Gasteiger partial charge in [-0.1, -0.05) is 29.3 Å². The topological polar surface area (TPSA) is 83.4 Å². The minimum absolute atomic E-state index is 0.127. The van der Waals surface area contributed by atoms with Crippen LogP contribution in [0.4, 0.5) is 13.2 Å². The van der Waals surface area contributed by atoms with Crippen LogP contribution in [0, 0.1) is 17.2 Å². The van der Waals surface area contributed by atoms with Crippen LogP contribution in [0.5, 0.6) is 0 Å². The Kier molecular flexibility index (Phi) is 4.01. The molecule has 3 unspecified atom stereocenters. The first-order valence-corrected chi connectivity index (χ1v) is 7.41. The van der Waals surface area contributed by atoms with Gasteiger partial charge in [0, 0.05) is 16.0 Å². The number of hydrogen-bond acceptors (Lipinski definition) is 5. The number of nitrogens with one attached hydrogen (secondary N) is 1. The van der Waals surface area contributed by atoms with E-state index in [9.17, 15) is 18.4 Å². The summed E-state index contributed by atoms with van der Waals surface area (Å²) in [5.41, 5.74) is 7.05. The lowest BCUT2D eigenvalue weighted by molar-refractivity contribution is -0.0661. The first-order valence-electron chi connectivity index (χ1n) is 6.65. The van der Waals surface area contributed by atoms with Gasteiger partial charge >= 0.3 is 6.18 Å². The minimum atomic E-state index is -4.69. The average molecular weight is 377 g/mol. The second kappa shape index (κ2) is 5.76. The summed E-state index contributed by atoms with van der Waals surface area (Å²) in [5, 5.41) is 13.1. The number of alkyl halides is 3. The van der Waals surface area contributed by atoms with Crippen LogP contribution in [-0.2, 0) is 4.74 Å². The van der Waals surface area contributed by atoms with Gasteiger partial charge in [-0.3, -0.25) is 5.43 Å². The number of hydrazone groups is 1. The van der Waals surface area contributed by atoms with Crippen LogP contribution in [0.3, 0.4) is 0 Å². The zero-order valence-corrected chi connectivity index (χ0v) is 13.2. The fourth-order valence-corrected chi connectivity index (χ4v) is 3.40. The summed E-state index contributed by atoms with van der Waals surface area (Å²) < 4.78 is 45.1. The lowest BCUT2D eigenvalue weighted by Gasteiger charge is -2.34. The van der Waals surface area contributed by atoms with E-state index in [1.54, 1.807) is 0 Å². The van der Waals surface area contributed by atoms with Crippen LogP contribution in [0.15, 0.2) is 34.8 Å². The first kappa shape index (κ1) is 16.7. The first-order chi connectivity index (χ1) is 11.2. The Morgan fingerprint density at radius 1 is 1.33 bits per heavy atom. The number of nitrogens with zero attached hydrogens (tertiary/aromatic N) is 2. The number of hydrogen-bond donors (Lipinski definition) is 2. The zero-order valence-electron chi connectivity index (χ0n) is 11.7. The highest BCUT2D eigenvalue weighted by molar-refractivity contribution is 6.35. The standard InChI is InChI=1S/C14H9Cl2F3N4O/c15-5-1-2-6(8(16)3-5)9-7(4-20)12(21)24-13-10(9)11(22-23-13)14(17,18)19/h1-3,9-10,13,23H,21H2. The van der Waals surface area contributed by atoms with Crippen molar-refractivity contribution in [1.82, 2.24) is 5.43 Å². The van der Waals surface area contributed by atoms with Crippen LogP contribution < -0.4 is 11.2 Å². The fraction of sp³-hybridized carbons (Fsp3) is 0.286. The van der Waals surface area contributed by atoms with E-state index >= 15 is 0 Å². The molecule has 0 saturated carbocycles. The normalized spacial score (nSPS) is 26.2. The van der Waals surface area contributed by atoms with Crippen molar-refractivity contribution in [2.45, 2.75) is 18.3 Å². The maximum Gasteiger partial charge on any atom is 0.431 e. The molecular weight excluding hydrogens is 368 g/mol. The van der Waals surface area contributed by atoms with Crippen molar-refractivity contribution in [1.29, 1.82) is 5.26 Å². The molecule has 24 heavy (non-hydrogen) atoms. The molecule has 0 aliphatic carbocycles. The molecule has 2 aliphatic heterocycles. The van der Waals surface area contributed by atoms with Crippen molar-refractivity contribution in [3.8, 4) is 6.07 Å². The SMILES string of the molecule is N#CC1=C(N)OC2NN=C(C(F)(F)F)C2C1c1ccc(Cl)cc1Cl. The highest BCUT2D eigenvalue weighted by Gasteiger charge is 2.55. The van der Waals surface area contributed by atoms with E-state index in [1.807, 2.05) is 6.07 Å². The summed E-state index contributed by atoms with van der Waals surface area (Å²) in [4.78, 5) is 0. The quantitative estimate of drug-likeness (QED) is 0.787. The van der Waals surface area contributed by atoms with Crippen molar-refractivity contribution < 1.29 is 17.9 Å². The predicted octanol–water partition coefficient (Wildman–Crippen LogP) is 3.26. The van der Waals surface area contributed by atoms with E-state index in [2.05, 4.69) is 10.5 Å². The molecule has 0 spiro atoms. The van der Waals surface area contributed by atoms with Gasteiger partial charge in [-0.25, -0.2) is 0 Å². The van der Waals surface area contributed by atoms with Gasteiger partial charge in [0.25, 0.3) is 0 Å². The van der Waals surface area contributed by atoms with Gasteiger partial charge in [0.1, 0.15) is 6.07 Å². The van der Waals surface area contributed by atoms with Crippen LogP contribution >= 0.6 is 23.2 Å². The molecule has 3 N–H and O–H groups in total. The van der Waals surface area contributed by atoms with Gasteiger partial charge in [0.2, 0.25) is 5.88 Å². The smallest absolute Gasteiger partial charge is 0.431 e. The number of benzene rings is 1. The highest BCUT2D eigenvalue weighted by atomic mass is 35.5. The summed E-state index contributed by atoms with van der Waals surface area (Å²) >= 11 is 12.0. The third kappa shape index (κ3) is 2.64. The number of allylic oxidation sites excluding steroid dienone is 1. The predicted molar refractivity (Wildman–Crippen MR) is 81.0 cm³/mol. The van der Waals surface area contributed by atoms with E-state index in [0.717, 1.165) is 0 Å². The number of ether oxygens (including phenoxy) is 1. The summed E-state index contributed by atoms with van der Waals surface area (Å²) in [6, 6.07) is 6.15. The number of halogens is 5. The molecule has 2 heterocycles. The molecular formula is C14H9Cl2F3N4O. The zero-order chi connectivity index (χ0) is 17.6. The Labute approximate surface area is 144 Å². The van der Waals surface area contributed by atoms with Crippen molar-refractivity contribution >= 4 is 28.9 Å². The Balaban J connectivity index is 2.18. The molecule has 10 heteroatoms. The summed E-state index contributed by atoms with van der Waals surface area (Å²) in [5.74, 6) is -2.62. The van der Waals surface area contributed by atoms with Gasteiger partial charge in [-0.15, -0.1) is 0 Å². The van der Waals surface area contributed by atoms with Crippen molar-refractivity contribution in [3.63, 3.8) is 0 Å². The molecule has 3 rings (SSSR count). The number of rotatable bonds is 1. The summed E-state index contributed by atoms with van der Waals surface area (Å²) in [6.07, 6.45) is -5.84. The maximum atomic E-state index is 13.3. The van der Waals surface area contributed by atoms with E-state index in [0.29, 0.717) is 10.6 Å². The van der Waals surface area contributed by atoms with Crippen LogP contribution in [-0.4, -0.2) is 18.1 Å².